The Balaban J connectivity index is 0.00000112. The number of hydrogen-bond acceptors (Lipinski definition) is 4. The Morgan fingerprint density at radius 2 is 2.00 bits per heavy atom. The third-order valence-electron chi connectivity index (χ3n) is 2.35. The van der Waals surface area contributed by atoms with E-state index in [-0.39, 0.29) is 29.9 Å². The van der Waals surface area contributed by atoms with E-state index in [1.807, 2.05) is 0 Å². The fraction of sp³-hybridized carbons (Fsp3) is 0.333. The lowest BCUT2D eigenvalue weighted by molar-refractivity contribution is -0.384. The van der Waals surface area contributed by atoms with Crippen LogP contribution in [-0.4, -0.2) is 28.2 Å². The van der Waals surface area contributed by atoms with Crippen LogP contribution in [0.3, 0.4) is 0 Å². The largest absolute Gasteiger partial charge is 0.412 e. The van der Waals surface area contributed by atoms with Crippen molar-refractivity contribution in [2.24, 2.45) is 0 Å². The summed E-state index contributed by atoms with van der Waals surface area (Å²) in [5.41, 5.74) is 1.07. The van der Waals surface area contributed by atoms with Gasteiger partial charge < -0.3 is 15.9 Å². The SMILES string of the molecule is O.O=[N+]([O-])c1ccc([C@H]2N[C@H]2CO)cc1. The highest BCUT2D eigenvalue weighted by Crippen LogP contribution is 2.29. The highest BCUT2D eigenvalue weighted by molar-refractivity contribution is 5.36. The molecule has 0 saturated carbocycles. The molecule has 6 nitrogen and oxygen atoms in total. The number of nitro benzene ring substituents is 1. The van der Waals surface area contributed by atoms with Gasteiger partial charge in [-0.2, -0.15) is 0 Å². The zero-order chi connectivity index (χ0) is 10.1. The van der Waals surface area contributed by atoms with Crippen LogP contribution in [0.4, 0.5) is 5.69 Å². The molecule has 1 aliphatic heterocycles. The molecule has 6 heteroatoms. The first-order chi connectivity index (χ1) is 6.72. The second-order valence-corrected chi connectivity index (χ2v) is 3.28. The number of aliphatic hydroxyl groups excluding tert-OH is 1. The summed E-state index contributed by atoms with van der Waals surface area (Å²) in [6.45, 7) is 0.0989. The quantitative estimate of drug-likeness (QED) is 0.409. The van der Waals surface area contributed by atoms with E-state index in [1.165, 1.54) is 12.1 Å². The van der Waals surface area contributed by atoms with Crippen molar-refractivity contribution in [3.63, 3.8) is 0 Å². The van der Waals surface area contributed by atoms with Crippen molar-refractivity contribution in [3.8, 4) is 0 Å². The van der Waals surface area contributed by atoms with Crippen LogP contribution >= 0.6 is 0 Å². The number of benzene rings is 1. The molecule has 0 unspecified atom stereocenters. The Kier molecular flexibility index (Phi) is 3.35. The molecule has 0 aliphatic carbocycles. The van der Waals surface area contributed by atoms with Crippen molar-refractivity contribution >= 4 is 5.69 Å². The lowest BCUT2D eigenvalue weighted by Gasteiger charge is -1.96. The van der Waals surface area contributed by atoms with Gasteiger partial charge in [-0.25, -0.2) is 0 Å². The fourth-order valence-corrected chi connectivity index (χ4v) is 1.47. The van der Waals surface area contributed by atoms with Crippen LogP contribution in [0.15, 0.2) is 24.3 Å². The summed E-state index contributed by atoms with van der Waals surface area (Å²) in [6.07, 6.45) is 0. The molecule has 1 saturated heterocycles. The average Bonchev–Trinajstić information content (AvgIpc) is 2.97. The molecule has 0 aromatic heterocycles. The van der Waals surface area contributed by atoms with E-state index < -0.39 is 4.92 Å². The molecular formula is C9H12N2O4. The number of nitrogens with one attached hydrogen (secondary N) is 1. The average molecular weight is 212 g/mol. The normalized spacial score (nSPS) is 23.0. The van der Waals surface area contributed by atoms with Gasteiger partial charge in [0.05, 0.1) is 23.6 Å². The van der Waals surface area contributed by atoms with Gasteiger partial charge in [0.1, 0.15) is 0 Å². The van der Waals surface area contributed by atoms with E-state index >= 15 is 0 Å². The highest BCUT2D eigenvalue weighted by atomic mass is 16.6. The molecule has 0 bridgehead atoms. The van der Waals surface area contributed by atoms with E-state index in [1.54, 1.807) is 12.1 Å². The van der Waals surface area contributed by atoms with E-state index in [0.29, 0.717) is 0 Å². The number of hydrogen-bond donors (Lipinski definition) is 2. The zero-order valence-corrected chi connectivity index (χ0v) is 7.88. The minimum atomic E-state index is -0.423. The van der Waals surface area contributed by atoms with Gasteiger partial charge in [-0.15, -0.1) is 0 Å². The smallest absolute Gasteiger partial charge is 0.269 e. The van der Waals surface area contributed by atoms with Crippen LogP contribution in [0.2, 0.25) is 0 Å². The fourth-order valence-electron chi connectivity index (χ4n) is 1.47. The van der Waals surface area contributed by atoms with Crippen LogP contribution in [0.5, 0.6) is 0 Å². The molecule has 1 fully saturated rings. The Bertz CT molecular complexity index is 352. The molecule has 2 atom stereocenters. The molecule has 1 aliphatic rings. The summed E-state index contributed by atoms with van der Waals surface area (Å²) < 4.78 is 0. The van der Waals surface area contributed by atoms with Crippen molar-refractivity contribution in [1.29, 1.82) is 0 Å². The number of rotatable bonds is 3. The van der Waals surface area contributed by atoms with E-state index in [2.05, 4.69) is 5.32 Å². The molecule has 1 aromatic rings. The molecule has 15 heavy (non-hydrogen) atoms. The van der Waals surface area contributed by atoms with E-state index in [9.17, 15) is 10.1 Å². The summed E-state index contributed by atoms with van der Waals surface area (Å²) in [5.74, 6) is 0. The first-order valence-electron chi connectivity index (χ1n) is 4.33. The Morgan fingerprint density at radius 3 is 2.40 bits per heavy atom. The topological polar surface area (TPSA) is 117 Å². The van der Waals surface area contributed by atoms with Gasteiger partial charge in [0.15, 0.2) is 0 Å². The molecule has 0 radical (unpaired) electrons. The first kappa shape index (κ1) is 11.6. The van der Waals surface area contributed by atoms with Gasteiger partial charge in [0.2, 0.25) is 0 Å². The van der Waals surface area contributed by atoms with Crippen LogP contribution in [-0.2, 0) is 0 Å². The third kappa shape index (κ3) is 2.30. The molecule has 82 valence electrons. The summed E-state index contributed by atoms with van der Waals surface area (Å²) >= 11 is 0. The molecule has 1 aromatic carbocycles. The number of aliphatic hydroxyl groups is 1. The number of nitrogens with zero attached hydrogens (tertiary/aromatic N) is 1. The van der Waals surface area contributed by atoms with Gasteiger partial charge in [-0.1, -0.05) is 12.1 Å². The summed E-state index contributed by atoms with van der Waals surface area (Å²) in [4.78, 5) is 9.95. The zero-order valence-electron chi connectivity index (χ0n) is 7.88. The Labute approximate surface area is 86.0 Å². The minimum absolute atomic E-state index is 0. The summed E-state index contributed by atoms with van der Waals surface area (Å²) in [5, 5.41) is 22.2. The van der Waals surface area contributed by atoms with Gasteiger partial charge in [0.25, 0.3) is 5.69 Å². The second-order valence-electron chi connectivity index (χ2n) is 3.28. The second kappa shape index (κ2) is 4.35. The van der Waals surface area contributed by atoms with Crippen LogP contribution in [0.1, 0.15) is 11.6 Å². The van der Waals surface area contributed by atoms with Gasteiger partial charge >= 0.3 is 0 Å². The lowest BCUT2D eigenvalue weighted by atomic mass is 10.1. The predicted molar refractivity (Wildman–Crippen MR) is 53.5 cm³/mol. The standard InChI is InChI=1S/C9H10N2O3.H2O/c12-5-8-9(10-8)6-1-3-7(4-2-6)11(13)14;/h1-4,8-10,12H,5H2;1H2/t8-,9+;/m0./s1. The van der Waals surface area contributed by atoms with Crippen LogP contribution < -0.4 is 5.32 Å². The Hall–Kier alpha value is -1.50. The highest BCUT2D eigenvalue weighted by Gasteiger charge is 2.36. The molecule has 2 rings (SSSR count). The minimum Gasteiger partial charge on any atom is -0.412 e. The maximum absolute atomic E-state index is 10.4. The van der Waals surface area contributed by atoms with Crippen molar-refractivity contribution in [3.05, 3.63) is 39.9 Å². The number of non-ortho nitro benzene ring substituents is 1. The molecule has 0 amide bonds. The van der Waals surface area contributed by atoms with Crippen LogP contribution in [0.25, 0.3) is 0 Å². The molecule has 4 N–H and O–H groups in total. The molecule has 0 spiro atoms. The van der Waals surface area contributed by atoms with Crippen molar-refractivity contribution < 1.29 is 15.5 Å². The number of nitro groups is 1. The van der Waals surface area contributed by atoms with Crippen LogP contribution in [0, 0.1) is 10.1 Å². The summed E-state index contributed by atoms with van der Waals surface area (Å²) in [7, 11) is 0. The van der Waals surface area contributed by atoms with Gasteiger partial charge in [-0.3, -0.25) is 10.1 Å². The first-order valence-corrected chi connectivity index (χ1v) is 4.33. The van der Waals surface area contributed by atoms with Crippen molar-refractivity contribution in [1.82, 2.24) is 5.32 Å². The van der Waals surface area contributed by atoms with Gasteiger partial charge in [0, 0.05) is 12.1 Å². The summed E-state index contributed by atoms with van der Waals surface area (Å²) in [6, 6.07) is 6.64. The van der Waals surface area contributed by atoms with Crippen molar-refractivity contribution in [2.45, 2.75) is 12.1 Å². The monoisotopic (exact) mass is 212 g/mol. The van der Waals surface area contributed by atoms with Gasteiger partial charge in [-0.05, 0) is 5.56 Å². The maximum Gasteiger partial charge on any atom is 0.269 e. The van der Waals surface area contributed by atoms with E-state index in [4.69, 9.17) is 5.11 Å². The molecule has 1 heterocycles. The maximum atomic E-state index is 10.4. The van der Waals surface area contributed by atoms with Crippen molar-refractivity contribution in [2.75, 3.05) is 6.61 Å². The Morgan fingerprint density at radius 1 is 1.40 bits per heavy atom. The lowest BCUT2D eigenvalue weighted by Crippen LogP contribution is -1.96. The third-order valence-corrected chi connectivity index (χ3v) is 2.35. The van der Waals surface area contributed by atoms with E-state index in [0.717, 1.165) is 5.56 Å². The molecular weight excluding hydrogens is 200 g/mol. The predicted octanol–water partition coefficient (Wildman–Crippen LogP) is -0.225.